The number of thiophene rings is 1. The summed E-state index contributed by atoms with van der Waals surface area (Å²) in [5.74, 6) is 0.337. The molecule has 4 heterocycles. The molecule has 14 heteroatoms. The Labute approximate surface area is 244 Å². The number of halogens is 2. The molecular weight excluding hydrogens is 595 g/mol. The molecule has 1 fully saturated rings. The van der Waals surface area contributed by atoms with Crippen LogP contribution in [0.5, 0.6) is 0 Å². The van der Waals surface area contributed by atoms with Crippen LogP contribution in [0.3, 0.4) is 0 Å². The monoisotopic (exact) mass is 616 g/mol. The third-order valence-electron chi connectivity index (χ3n) is 6.21. The van der Waals surface area contributed by atoms with E-state index in [1.807, 2.05) is 18.2 Å². The van der Waals surface area contributed by atoms with Crippen molar-refractivity contribution in [2.45, 2.75) is 11.1 Å². The van der Waals surface area contributed by atoms with Gasteiger partial charge in [-0.25, -0.2) is 23.4 Å². The van der Waals surface area contributed by atoms with Crippen LogP contribution in [0.25, 0.3) is 22.0 Å². The molecule has 0 unspecified atom stereocenters. The summed E-state index contributed by atoms with van der Waals surface area (Å²) in [6, 6.07) is 8.74. The molecule has 5 rings (SSSR count). The molecule has 10 nitrogen and oxygen atoms in total. The van der Waals surface area contributed by atoms with Crippen LogP contribution < -0.4 is 9.62 Å². The van der Waals surface area contributed by atoms with Crippen molar-refractivity contribution in [2.24, 2.45) is 0 Å². The number of ketones is 1. The van der Waals surface area contributed by atoms with Gasteiger partial charge < -0.3 is 9.80 Å². The van der Waals surface area contributed by atoms with Crippen molar-refractivity contribution in [1.29, 1.82) is 0 Å². The van der Waals surface area contributed by atoms with Gasteiger partial charge >= 0.3 is 0 Å². The van der Waals surface area contributed by atoms with E-state index in [-0.39, 0.29) is 31.8 Å². The second kappa shape index (κ2) is 11.5. The molecule has 1 aromatic carbocycles. The number of pyridine rings is 1. The van der Waals surface area contributed by atoms with Crippen LogP contribution in [0.2, 0.25) is 10.2 Å². The normalized spacial score (nSPS) is 14.2. The first-order chi connectivity index (χ1) is 19.1. The zero-order valence-corrected chi connectivity index (χ0v) is 24.2. The Morgan fingerprint density at radius 3 is 2.48 bits per heavy atom. The molecule has 0 bridgehead atoms. The molecule has 0 spiro atoms. The predicted octanol–water partition coefficient (Wildman–Crippen LogP) is 4.65. The molecule has 0 aliphatic carbocycles. The van der Waals surface area contributed by atoms with Crippen molar-refractivity contribution in [3.8, 4) is 11.1 Å². The number of nitrogens with zero attached hydrogens (tertiary/aromatic N) is 5. The second-order valence-corrected chi connectivity index (χ2v) is 12.5. The predicted molar refractivity (Wildman–Crippen MR) is 157 cm³/mol. The lowest BCUT2D eigenvalue weighted by atomic mass is 10.0. The number of fused-ring (bicyclic) bond motifs is 1. The number of benzene rings is 1. The van der Waals surface area contributed by atoms with Crippen molar-refractivity contribution in [3.63, 3.8) is 0 Å². The van der Waals surface area contributed by atoms with Gasteiger partial charge in [0.15, 0.2) is 15.1 Å². The van der Waals surface area contributed by atoms with Crippen LogP contribution in [0.1, 0.15) is 6.92 Å². The summed E-state index contributed by atoms with van der Waals surface area (Å²) in [5.41, 5.74) is 2.23. The molecule has 4 aromatic rings. The Bertz CT molecular complexity index is 1750. The third-order valence-corrected chi connectivity index (χ3v) is 9.90. The number of sulfonamides is 1. The Balaban J connectivity index is 1.41. The van der Waals surface area contributed by atoms with E-state index in [0.717, 1.165) is 27.8 Å². The molecule has 0 saturated carbocycles. The number of carbonyl (C=O) groups is 2. The minimum absolute atomic E-state index is 0.00428. The molecular formula is C26H22Cl2N6O4S2. The summed E-state index contributed by atoms with van der Waals surface area (Å²) < 4.78 is 28.2. The number of anilines is 2. The first-order valence-electron chi connectivity index (χ1n) is 12.0. The molecule has 1 amide bonds. The van der Waals surface area contributed by atoms with Gasteiger partial charge in [0.25, 0.3) is 10.0 Å². The van der Waals surface area contributed by atoms with Gasteiger partial charge in [0, 0.05) is 49.4 Å². The lowest BCUT2D eigenvalue weighted by Crippen LogP contribution is -2.48. The van der Waals surface area contributed by atoms with Gasteiger partial charge in [-0.1, -0.05) is 29.3 Å². The highest BCUT2D eigenvalue weighted by Crippen LogP contribution is 2.34. The van der Waals surface area contributed by atoms with Crippen LogP contribution in [0.15, 0.2) is 64.6 Å². The van der Waals surface area contributed by atoms with Crippen molar-refractivity contribution in [1.82, 2.24) is 19.9 Å². The number of hydrogen-bond acceptors (Lipinski definition) is 9. The van der Waals surface area contributed by atoms with E-state index in [2.05, 4.69) is 24.6 Å². The van der Waals surface area contributed by atoms with E-state index in [1.165, 1.54) is 31.5 Å². The molecule has 1 aliphatic heterocycles. The highest BCUT2D eigenvalue weighted by molar-refractivity contribution is 7.94. The van der Waals surface area contributed by atoms with Gasteiger partial charge in [0.05, 0.1) is 16.2 Å². The lowest BCUT2D eigenvalue weighted by molar-refractivity contribution is -0.126. The molecule has 206 valence electrons. The Kier molecular flexibility index (Phi) is 8.04. The van der Waals surface area contributed by atoms with E-state index in [1.54, 1.807) is 22.5 Å². The fraction of sp³-hybridized carbons (Fsp3) is 0.192. The maximum absolute atomic E-state index is 12.9. The highest BCUT2D eigenvalue weighted by atomic mass is 35.5. The summed E-state index contributed by atoms with van der Waals surface area (Å²) >= 11 is 13.3. The number of hydrogen-bond donors (Lipinski definition) is 1. The minimum Gasteiger partial charge on any atom is -0.352 e. The fourth-order valence-corrected chi connectivity index (χ4v) is 7.20. The van der Waals surface area contributed by atoms with E-state index in [4.69, 9.17) is 23.2 Å². The number of amides is 1. The molecule has 1 N–H and O–H groups in total. The number of piperazine rings is 1. The number of carbonyl (C=O) groups excluding carboxylic acids is 2. The molecule has 1 saturated heterocycles. The van der Waals surface area contributed by atoms with Gasteiger partial charge in [0.2, 0.25) is 5.91 Å². The van der Waals surface area contributed by atoms with Crippen LogP contribution in [-0.2, 0) is 19.6 Å². The largest absolute Gasteiger partial charge is 0.352 e. The Morgan fingerprint density at radius 1 is 1.00 bits per heavy atom. The molecule has 1 aliphatic rings. The molecule has 0 radical (unpaired) electrons. The quantitative estimate of drug-likeness (QED) is 0.235. The number of rotatable bonds is 7. The van der Waals surface area contributed by atoms with Crippen LogP contribution in [-0.4, -0.2) is 66.1 Å². The maximum Gasteiger partial charge on any atom is 0.273 e. The van der Waals surface area contributed by atoms with E-state index >= 15 is 0 Å². The minimum atomic E-state index is -3.96. The van der Waals surface area contributed by atoms with E-state index in [0.29, 0.717) is 37.6 Å². The average molecular weight is 618 g/mol. The SMILES string of the molecule is CC(=O)C=CC(=O)N1CCN(c2ncnc3ccc(-c4cnc(Cl)c(NS(=O)(=O)c5sccc5Cl)c4)cc23)CC1. The van der Waals surface area contributed by atoms with Gasteiger partial charge in [-0.05, 0) is 48.2 Å². The van der Waals surface area contributed by atoms with Gasteiger partial charge in [-0.2, -0.15) is 0 Å². The van der Waals surface area contributed by atoms with Crippen LogP contribution in [0.4, 0.5) is 11.5 Å². The van der Waals surface area contributed by atoms with Gasteiger partial charge in [-0.15, -0.1) is 11.3 Å². The topological polar surface area (TPSA) is 125 Å². The van der Waals surface area contributed by atoms with Crippen LogP contribution in [0, 0.1) is 0 Å². The number of allylic oxidation sites excluding steroid dienone is 1. The smallest absolute Gasteiger partial charge is 0.273 e. The molecule has 0 atom stereocenters. The maximum atomic E-state index is 12.9. The van der Waals surface area contributed by atoms with Crippen molar-refractivity contribution in [2.75, 3.05) is 35.8 Å². The summed E-state index contributed by atoms with van der Waals surface area (Å²) in [7, 11) is -3.96. The second-order valence-electron chi connectivity index (χ2n) is 8.91. The van der Waals surface area contributed by atoms with Crippen molar-refractivity contribution < 1.29 is 18.0 Å². The van der Waals surface area contributed by atoms with E-state index in [9.17, 15) is 18.0 Å². The third kappa shape index (κ3) is 5.94. The first kappa shape index (κ1) is 28.0. The van der Waals surface area contributed by atoms with Crippen molar-refractivity contribution in [3.05, 3.63) is 70.6 Å². The highest BCUT2D eigenvalue weighted by Gasteiger charge is 2.23. The zero-order valence-electron chi connectivity index (χ0n) is 21.0. The Morgan fingerprint density at radius 2 is 1.77 bits per heavy atom. The molecule has 40 heavy (non-hydrogen) atoms. The fourth-order valence-electron chi connectivity index (χ4n) is 4.25. The zero-order chi connectivity index (χ0) is 28.4. The summed E-state index contributed by atoms with van der Waals surface area (Å²) in [6.45, 7) is 3.46. The lowest BCUT2D eigenvalue weighted by Gasteiger charge is -2.35. The number of aromatic nitrogens is 3. The van der Waals surface area contributed by atoms with Crippen molar-refractivity contribution >= 4 is 78.7 Å². The summed E-state index contributed by atoms with van der Waals surface area (Å²) in [4.78, 5) is 40.4. The first-order valence-corrected chi connectivity index (χ1v) is 15.1. The average Bonchev–Trinajstić information content (AvgIpc) is 3.39. The van der Waals surface area contributed by atoms with Gasteiger partial charge in [-0.3, -0.25) is 14.3 Å². The Hall–Kier alpha value is -3.58. The standard InChI is InChI=1S/C26H22Cl2N6O4S2/c1-16(35)2-5-23(36)33-7-9-34(10-8-33)25-19-12-17(3-4-21(19)30-15-31-25)18-13-22(24(28)29-14-18)32-40(37,38)26-20(27)6-11-39-26/h2-6,11-15,32H,7-10H2,1H3. The van der Waals surface area contributed by atoms with E-state index < -0.39 is 10.0 Å². The summed E-state index contributed by atoms with van der Waals surface area (Å²) in [6.07, 6.45) is 5.63. The van der Waals surface area contributed by atoms with Crippen LogP contribution >= 0.6 is 34.5 Å². The number of nitrogens with one attached hydrogen (secondary N) is 1. The molecule has 3 aromatic heterocycles. The summed E-state index contributed by atoms with van der Waals surface area (Å²) in [5, 5.41) is 2.50. The van der Waals surface area contributed by atoms with Gasteiger partial charge in [0.1, 0.15) is 12.1 Å².